The summed E-state index contributed by atoms with van der Waals surface area (Å²) >= 11 is 0. The van der Waals surface area contributed by atoms with E-state index in [1.54, 1.807) is 0 Å². The minimum Gasteiger partial charge on any atom is -0.756 e. The maximum Gasteiger partial charge on any atom is 0.306 e. The number of carbonyl (C=O) groups is 2. The number of esters is 2. The molecule has 0 amide bonds. The van der Waals surface area contributed by atoms with Gasteiger partial charge in [0.25, 0.3) is 7.82 Å². The summed E-state index contributed by atoms with van der Waals surface area (Å²) in [5.41, 5.74) is 0. The Balaban J connectivity index is 4.18. The number of quaternary nitrogens is 1. The molecule has 0 aromatic heterocycles. The van der Waals surface area contributed by atoms with Gasteiger partial charge in [0.2, 0.25) is 0 Å². The minimum atomic E-state index is -4.66. The van der Waals surface area contributed by atoms with Crippen molar-refractivity contribution >= 4 is 19.8 Å². The second-order valence-corrected chi connectivity index (χ2v) is 23.8. The van der Waals surface area contributed by atoms with Crippen LogP contribution in [-0.4, -0.2) is 70.0 Å². The Hall–Kier alpha value is -4.63. The molecule has 2 unspecified atom stereocenters. The van der Waals surface area contributed by atoms with E-state index in [2.05, 4.69) is 184 Å². The van der Waals surface area contributed by atoms with Gasteiger partial charge < -0.3 is 27.9 Å². The van der Waals surface area contributed by atoms with E-state index in [1.165, 1.54) is 51.4 Å². The van der Waals surface area contributed by atoms with Crippen molar-refractivity contribution in [2.24, 2.45) is 0 Å². The van der Waals surface area contributed by atoms with E-state index in [-0.39, 0.29) is 26.1 Å². The van der Waals surface area contributed by atoms with Gasteiger partial charge in [0.15, 0.2) is 6.10 Å². The number of rotatable bonds is 58. The normalized spacial score (nSPS) is 14.3. The van der Waals surface area contributed by atoms with Gasteiger partial charge >= 0.3 is 11.9 Å². The average Bonchev–Trinajstić information content (AvgIpc) is 3.61. The molecule has 0 spiro atoms. The van der Waals surface area contributed by atoms with Gasteiger partial charge in [0.05, 0.1) is 27.7 Å². The van der Waals surface area contributed by atoms with E-state index >= 15 is 0 Å². The molecule has 0 radical (unpaired) electrons. The molecule has 0 rings (SSSR count). The summed E-state index contributed by atoms with van der Waals surface area (Å²) in [5, 5.41) is 0. The SMILES string of the molecule is CC/C=C\C/C=C\C/C=C\C/C=C\C/C=C\C/C=C\C/C=C\C/C=C\C/C=C\CCCCCCCCCCCC(=O)OC(COC(=O)CCCCCCCCC/C=C\C/C=C\C/C=C\C/C=C\C/C=C\CC)COP(=O)([O-])OCC[N+](C)(C)C. The van der Waals surface area contributed by atoms with Crippen LogP contribution < -0.4 is 4.89 Å². The monoisotopic (exact) mass is 1180 g/mol. The van der Waals surface area contributed by atoms with E-state index < -0.39 is 32.5 Å². The van der Waals surface area contributed by atoms with Crippen molar-refractivity contribution in [3.05, 3.63) is 170 Å². The number of hydrogen-bond donors (Lipinski definition) is 0. The van der Waals surface area contributed by atoms with E-state index in [0.717, 1.165) is 141 Å². The molecule has 0 fully saturated rings. The Morgan fingerprint density at radius 2 is 0.643 bits per heavy atom. The summed E-state index contributed by atoms with van der Waals surface area (Å²) < 4.78 is 34.2. The molecule has 0 aromatic carbocycles. The van der Waals surface area contributed by atoms with Crippen LogP contribution in [0.5, 0.6) is 0 Å². The maximum atomic E-state index is 12.8. The molecule has 474 valence electrons. The number of phosphoric acid groups is 1. The molecule has 84 heavy (non-hydrogen) atoms. The molecule has 0 aliphatic rings. The van der Waals surface area contributed by atoms with Crippen LogP contribution in [0.2, 0.25) is 0 Å². The third kappa shape index (κ3) is 66.5. The van der Waals surface area contributed by atoms with Crippen LogP contribution in [0.15, 0.2) is 170 Å². The Morgan fingerprint density at radius 1 is 0.369 bits per heavy atom. The van der Waals surface area contributed by atoms with Crippen molar-refractivity contribution in [1.82, 2.24) is 0 Å². The van der Waals surface area contributed by atoms with E-state index in [0.29, 0.717) is 23.9 Å². The molecule has 9 nitrogen and oxygen atoms in total. The van der Waals surface area contributed by atoms with Crippen molar-refractivity contribution in [3.8, 4) is 0 Å². The zero-order valence-electron chi connectivity index (χ0n) is 53.8. The number of unbranched alkanes of at least 4 members (excludes halogenated alkanes) is 16. The molecule has 0 saturated heterocycles. The molecular weight excluding hydrogens is 1060 g/mol. The Morgan fingerprint density at radius 3 is 0.952 bits per heavy atom. The minimum absolute atomic E-state index is 0.0434. The molecule has 0 aliphatic carbocycles. The highest BCUT2D eigenvalue weighted by molar-refractivity contribution is 7.45. The fourth-order valence-corrected chi connectivity index (χ4v) is 8.99. The summed E-state index contributed by atoms with van der Waals surface area (Å²) in [7, 11) is 1.13. The summed E-state index contributed by atoms with van der Waals surface area (Å²) in [6.07, 6.45) is 95.5. The van der Waals surface area contributed by atoms with Crippen molar-refractivity contribution < 1.29 is 42.1 Å². The van der Waals surface area contributed by atoms with Crippen LogP contribution in [0.4, 0.5) is 0 Å². The topological polar surface area (TPSA) is 111 Å². The molecule has 2 atom stereocenters. The van der Waals surface area contributed by atoms with Crippen molar-refractivity contribution in [3.63, 3.8) is 0 Å². The smallest absolute Gasteiger partial charge is 0.306 e. The first-order valence-corrected chi connectivity index (χ1v) is 34.3. The first kappa shape index (κ1) is 79.4. The maximum absolute atomic E-state index is 12.8. The van der Waals surface area contributed by atoms with Crippen LogP contribution >= 0.6 is 7.82 Å². The first-order chi connectivity index (χ1) is 41.0. The van der Waals surface area contributed by atoms with Gasteiger partial charge in [0, 0.05) is 12.8 Å². The summed E-state index contributed by atoms with van der Waals surface area (Å²) in [6.45, 7) is 3.97. The molecular formula is C74H120NO8P. The molecule has 0 aromatic rings. The second-order valence-electron chi connectivity index (χ2n) is 22.4. The molecule has 0 aliphatic heterocycles. The summed E-state index contributed by atoms with van der Waals surface area (Å²) in [5.74, 6) is -0.864. The van der Waals surface area contributed by atoms with Crippen molar-refractivity contribution in [1.29, 1.82) is 0 Å². The van der Waals surface area contributed by atoms with Gasteiger partial charge in [-0.2, -0.15) is 0 Å². The fraction of sp³-hybridized carbons (Fsp3) is 0.595. The van der Waals surface area contributed by atoms with Crippen LogP contribution in [0.1, 0.15) is 232 Å². The highest BCUT2D eigenvalue weighted by atomic mass is 31.2. The summed E-state index contributed by atoms with van der Waals surface area (Å²) in [6, 6.07) is 0. The summed E-state index contributed by atoms with van der Waals surface area (Å²) in [4.78, 5) is 38.0. The third-order valence-corrected chi connectivity index (χ3v) is 14.2. The van der Waals surface area contributed by atoms with E-state index in [4.69, 9.17) is 18.5 Å². The lowest BCUT2D eigenvalue weighted by Gasteiger charge is -2.28. The lowest BCUT2D eigenvalue weighted by Crippen LogP contribution is -2.37. The standard InChI is InChI=1S/C74H120NO8P/c1-6-8-10-12-14-16-18-20-22-24-26-28-30-31-32-33-34-35-36-37-38-39-40-41-42-43-45-47-49-51-53-55-57-59-61-63-65-67-74(77)83-72(71-82-84(78,79)81-69-68-75(3,4)5)70-80-73(76)66-64-62-60-58-56-54-52-50-48-46-44-29-27-25-23-21-19-17-15-13-11-9-7-2/h8-11,14-17,20-23,26-29,31-32,34-35,37-38,40-41,43,45-46,48,72H,6-7,12-13,18-19,24-25,30,33,36,39,42,44,47,49-71H2,1-5H3/b10-8-,11-9-,16-14-,17-15-,22-20-,23-21-,28-26-,29-27-,32-31-,35-34-,38-37-,41-40-,45-43-,48-46-. The van der Waals surface area contributed by atoms with Gasteiger partial charge in [-0.25, -0.2) is 0 Å². The predicted molar refractivity (Wildman–Crippen MR) is 360 cm³/mol. The van der Waals surface area contributed by atoms with Gasteiger partial charge in [-0.3, -0.25) is 14.2 Å². The number of nitrogens with zero attached hydrogens (tertiary/aromatic N) is 1. The molecule has 0 bridgehead atoms. The van der Waals surface area contributed by atoms with Gasteiger partial charge in [-0.15, -0.1) is 0 Å². The van der Waals surface area contributed by atoms with Crippen molar-refractivity contribution in [2.45, 2.75) is 238 Å². The second kappa shape index (κ2) is 62.9. The zero-order valence-corrected chi connectivity index (χ0v) is 54.7. The molecule has 0 heterocycles. The Bertz CT molecular complexity index is 2020. The lowest BCUT2D eigenvalue weighted by atomic mass is 10.1. The van der Waals surface area contributed by atoms with E-state index in [1.807, 2.05) is 21.1 Å². The third-order valence-electron chi connectivity index (χ3n) is 13.2. The molecule has 0 saturated carbocycles. The Labute approximate surface area is 515 Å². The van der Waals surface area contributed by atoms with Crippen LogP contribution in [-0.2, 0) is 32.7 Å². The highest BCUT2D eigenvalue weighted by Gasteiger charge is 2.22. The first-order valence-electron chi connectivity index (χ1n) is 32.8. The molecule has 0 N–H and O–H groups in total. The van der Waals surface area contributed by atoms with Crippen LogP contribution in [0.25, 0.3) is 0 Å². The number of hydrogen-bond acceptors (Lipinski definition) is 8. The zero-order chi connectivity index (χ0) is 61.2. The van der Waals surface area contributed by atoms with Crippen molar-refractivity contribution in [2.75, 3.05) is 47.5 Å². The number of phosphoric ester groups is 1. The number of allylic oxidation sites excluding steroid dienone is 28. The largest absolute Gasteiger partial charge is 0.756 e. The average molecular weight is 1180 g/mol. The number of carbonyl (C=O) groups excluding carboxylic acids is 2. The van der Waals surface area contributed by atoms with Crippen LogP contribution in [0.3, 0.4) is 0 Å². The van der Waals surface area contributed by atoms with Gasteiger partial charge in [-0.05, 0) is 128 Å². The molecule has 10 heteroatoms. The van der Waals surface area contributed by atoms with Crippen LogP contribution in [0, 0.1) is 0 Å². The number of likely N-dealkylation sites (N-methyl/N-ethyl adjacent to an activating group) is 1. The van der Waals surface area contributed by atoms with Gasteiger partial charge in [-0.1, -0.05) is 261 Å². The Kier molecular flexibility index (Phi) is 59.4. The fourth-order valence-electron chi connectivity index (χ4n) is 8.26. The highest BCUT2D eigenvalue weighted by Crippen LogP contribution is 2.38. The van der Waals surface area contributed by atoms with Gasteiger partial charge in [0.1, 0.15) is 19.8 Å². The quantitative estimate of drug-likeness (QED) is 0.0195. The number of ether oxygens (including phenoxy) is 2. The van der Waals surface area contributed by atoms with E-state index in [9.17, 15) is 19.0 Å². The lowest BCUT2D eigenvalue weighted by molar-refractivity contribution is -0.870. The predicted octanol–water partition coefficient (Wildman–Crippen LogP) is 20.7.